The molecule has 19 heavy (non-hydrogen) atoms. The second-order valence-corrected chi connectivity index (χ2v) is 7.07. The SMILES string of the molecule is CC(C)(C)C(N)c1nc2c(s1)COc1ccccc1-2. The van der Waals surface area contributed by atoms with Crippen LogP contribution in [0.25, 0.3) is 11.3 Å². The summed E-state index contributed by atoms with van der Waals surface area (Å²) >= 11 is 1.67. The number of ether oxygens (including phenoxy) is 1. The first-order chi connectivity index (χ1) is 8.97. The molecule has 1 aromatic carbocycles. The fourth-order valence-electron chi connectivity index (χ4n) is 2.11. The fourth-order valence-corrected chi connectivity index (χ4v) is 3.35. The molecule has 0 aliphatic carbocycles. The Hall–Kier alpha value is -1.39. The van der Waals surface area contributed by atoms with Gasteiger partial charge in [0.15, 0.2) is 0 Å². The molecule has 100 valence electrons. The van der Waals surface area contributed by atoms with E-state index in [0.717, 1.165) is 22.0 Å². The number of thiazole rings is 1. The van der Waals surface area contributed by atoms with Crippen LogP contribution in [0.4, 0.5) is 0 Å². The molecule has 0 spiro atoms. The maximum absolute atomic E-state index is 6.31. The molecule has 3 nitrogen and oxygen atoms in total. The molecule has 2 N–H and O–H groups in total. The summed E-state index contributed by atoms with van der Waals surface area (Å²) in [5, 5.41) is 0.998. The summed E-state index contributed by atoms with van der Waals surface area (Å²) in [7, 11) is 0. The highest BCUT2D eigenvalue weighted by molar-refractivity contribution is 7.12. The van der Waals surface area contributed by atoms with E-state index in [-0.39, 0.29) is 11.5 Å². The average molecular weight is 274 g/mol. The van der Waals surface area contributed by atoms with Gasteiger partial charge in [-0.15, -0.1) is 11.3 Å². The smallest absolute Gasteiger partial charge is 0.129 e. The van der Waals surface area contributed by atoms with Crippen LogP contribution in [0.3, 0.4) is 0 Å². The molecule has 0 fully saturated rings. The maximum Gasteiger partial charge on any atom is 0.129 e. The van der Waals surface area contributed by atoms with E-state index in [2.05, 4.69) is 26.8 Å². The monoisotopic (exact) mass is 274 g/mol. The Morgan fingerprint density at radius 3 is 2.79 bits per heavy atom. The third-order valence-electron chi connectivity index (χ3n) is 3.41. The molecule has 0 saturated heterocycles. The van der Waals surface area contributed by atoms with Crippen LogP contribution in [0.2, 0.25) is 0 Å². The van der Waals surface area contributed by atoms with Gasteiger partial charge in [0.25, 0.3) is 0 Å². The summed E-state index contributed by atoms with van der Waals surface area (Å²) in [4.78, 5) is 5.95. The first-order valence-corrected chi connectivity index (χ1v) is 7.26. The van der Waals surface area contributed by atoms with Gasteiger partial charge < -0.3 is 10.5 Å². The van der Waals surface area contributed by atoms with Gasteiger partial charge >= 0.3 is 0 Å². The van der Waals surface area contributed by atoms with Gasteiger partial charge in [-0.3, -0.25) is 0 Å². The third kappa shape index (κ3) is 2.15. The Morgan fingerprint density at radius 2 is 2.05 bits per heavy atom. The Bertz CT molecular complexity index is 613. The highest BCUT2D eigenvalue weighted by Gasteiger charge is 2.29. The normalized spacial score (nSPS) is 15.4. The zero-order valence-electron chi connectivity index (χ0n) is 11.4. The van der Waals surface area contributed by atoms with Crippen molar-refractivity contribution < 1.29 is 4.74 Å². The lowest BCUT2D eigenvalue weighted by molar-refractivity contribution is 0.305. The van der Waals surface area contributed by atoms with Crippen LogP contribution in [0.5, 0.6) is 5.75 Å². The topological polar surface area (TPSA) is 48.1 Å². The molecule has 1 aliphatic heterocycles. The average Bonchev–Trinajstić information content (AvgIpc) is 2.80. The predicted molar refractivity (Wildman–Crippen MR) is 78.3 cm³/mol. The molecule has 1 aliphatic rings. The van der Waals surface area contributed by atoms with Crippen molar-refractivity contribution in [3.63, 3.8) is 0 Å². The molecule has 0 amide bonds. The molecular weight excluding hydrogens is 256 g/mol. The minimum Gasteiger partial charge on any atom is -0.487 e. The largest absolute Gasteiger partial charge is 0.487 e. The van der Waals surface area contributed by atoms with Gasteiger partial charge in [-0.1, -0.05) is 32.9 Å². The van der Waals surface area contributed by atoms with Crippen LogP contribution in [0.15, 0.2) is 24.3 Å². The van der Waals surface area contributed by atoms with Crippen LogP contribution < -0.4 is 10.5 Å². The van der Waals surface area contributed by atoms with E-state index in [1.807, 2.05) is 18.2 Å². The first-order valence-electron chi connectivity index (χ1n) is 6.44. The van der Waals surface area contributed by atoms with Crippen molar-refractivity contribution in [1.82, 2.24) is 4.98 Å². The number of para-hydroxylation sites is 1. The van der Waals surface area contributed by atoms with Gasteiger partial charge in [-0.2, -0.15) is 0 Å². The van der Waals surface area contributed by atoms with Gasteiger partial charge in [0, 0.05) is 5.56 Å². The summed E-state index contributed by atoms with van der Waals surface area (Å²) < 4.78 is 5.76. The summed E-state index contributed by atoms with van der Waals surface area (Å²) in [5.41, 5.74) is 8.45. The first kappa shape index (κ1) is 12.6. The molecule has 1 unspecified atom stereocenters. The van der Waals surface area contributed by atoms with Crippen molar-refractivity contribution in [2.24, 2.45) is 11.1 Å². The van der Waals surface area contributed by atoms with Crippen molar-refractivity contribution in [1.29, 1.82) is 0 Å². The van der Waals surface area contributed by atoms with Gasteiger partial charge in [0.05, 0.1) is 16.6 Å². The number of hydrogen-bond acceptors (Lipinski definition) is 4. The second-order valence-electron chi connectivity index (χ2n) is 5.95. The number of benzene rings is 1. The fraction of sp³-hybridized carbons (Fsp3) is 0.400. The lowest BCUT2D eigenvalue weighted by atomic mass is 9.88. The minimum absolute atomic E-state index is 0.0147. The predicted octanol–water partition coefficient (Wildman–Crippen LogP) is 3.75. The summed E-state index contributed by atoms with van der Waals surface area (Å²) in [5.74, 6) is 0.913. The van der Waals surface area contributed by atoms with Crippen LogP contribution >= 0.6 is 11.3 Å². The number of hydrogen-bond donors (Lipinski definition) is 1. The molecule has 2 aromatic rings. The van der Waals surface area contributed by atoms with Crippen molar-refractivity contribution in [2.45, 2.75) is 33.4 Å². The Labute approximate surface area is 117 Å². The van der Waals surface area contributed by atoms with Crippen LogP contribution in [-0.4, -0.2) is 4.98 Å². The summed E-state index contributed by atoms with van der Waals surface area (Å²) in [6.07, 6.45) is 0. The maximum atomic E-state index is 6.31. The lowest BCUT2D eigenvalue weighted by Gasteiger charge is -2.24. The zero-order valence-corrected chi connectivity index (χ0v) is 12.3. The van der Waals surface area contributed by atoms with E-state index in [4.69, 9.17) is 15.5 Å². The highest BCUT2D eigenvalue weighted by Crippen LogP contribution is 2.42. The third-order valence-corrected chi connectivity index (χ3v) is 4.53. The standard InChI is InChI=1S/C15H18N2OS/c1-15(2,3)13(16)14-17-12-9-6-4-5-7-10(9)18-8-11(12)19-14/h4-7,13H,8,16H2,1-3H3. The molecule has 3 rings (SSSR count). The lowest BCUT2D eigenvalue weighted by Crippen LogP contribution is -2.26. The van der Waals surface area contributed by atoms with Gasteiger partial charge in [0.2, 0.25) is 0 Å². The van der Waals surface area contributed by atoms with Crippen LogP contribution in [-0.2, 0) is 6.61 Å². The van der Waals surface area contributed by atoms with E-state index in [9.17, 15) is 0 Å². The number of fused-ring (bicyclic) bond motifs is 3. The molecule has 0 bridgehead atoms. The molecule has 4 heteroatoms. The van der Waals surface area contributed by atoms with Crippen molar-refractivity contribution >= 4 is 11.3 Å². The van der Waals surface area contributed by atoms with Gasteiger partial charge in [-0.25, -0.2) is 4.98 Å². The Kier molecular flexibility index (Phi) is 2.87. The van der Waals surface area contributed by atoms with Gasteiger partial charge in [-0.05, 0) is 17.5 Å². The van der Waals surface area contributed by atoms with E-state index >= 15 is 0 Å². The van der Waals surface area contributed by atoms with Crippen molar-refractivity contribution in [2.75, 3.05) is 0 Å². The molecular formula is C15H18N2OS. The molecule has 0 saturated carbocycles. The molecule has 0 radical (unpaired) electrons. The van der Waals surface area contributed by atoms with E-state index < -0.39 is 0 Å². The van der Waals surface area contributed by atoms with Crippen molar-refractivity contribution in [3.05, 3.63) is 34.2 Å². The van der Waals surface area contributed by atoms with E-state index in [0.29, 0.717) is 6.61 Å². The Balaban J connectivity index is 2.06. The quantitative estimate of drug-likeness (QED) is 0.861. The van der Waals surface area contributed by atoms with Gasteiger partial charge in [0.1, 0.15) is 17.4 Å². The van der Waals surface area contributed by atoms with Crippen LogP contribution in [0, 0.1) is 5.41 Å². The summed E-state index contributed by atoms with van der Waals surface area (Å²) in [6, 6.07) is 7.99. The number of nitrogens with zero attached hydrogens (tertiary/aromatic N) is 1. The number of aromatic nitrogens is 1. The molecule has 1 atom stereocenters. The van der Waals surface area contributed by atoms with Crippen molar-refractivity contribution in [3.8, 4) is 17.0 Å². The van der Waals surface area contributed by atoms with E-state index in [1.54, 1.807) is 11.3 Å². The van der Waals surface area contributed by atoms with E-state index in [1.165, 1.54) is 4.88 Å². The highest BCUT2D eigenvalue weighted by atomic mass is 32.1. The molecule has 1 aromatic heterocycles. The number of rotatable bonds is 1. The Morgan fingerprint density at radius 1 is 1.32 bits per heavy atom. The summed E-state index contributed by atoms with van der Waals surface area (Å²) in [6.45, 7) is 7.02. The second kappa shape index (κ2) is 4.32. The minimum atomic E-state index is -0.0461. The zero-order chi connectivity index (χ0) is 13.6. The molecule has 2 heterocycles. The number of nitrogens with two attached hydrogens (primary N) is 1. The van der Waals surface area contributed by atoms with Crippen LogP contribution in [0.1, 0.15) is 36.7 Å².